The van der Waals surface area contributed by atoms with Crippen LogP contribution < -0.4 is 5.32 Å². The van der Waals surface area contributed by atoms with Gasteiger partial charge in [0.25, 0.3) is 0 Å². The second-order valence-electron chi connectivity index (χ2n) is 18.9. The first-order chi connectivity index (χ1) is 25.5. The third-order valence-corrected chi connectivity index (χ3v) is 22.2. The molecule has 0 radical (unpaired) electrons. The Balaban J connectivity index is 1.06. The van der Waals surface area contributed by atoms with Crippen LogP contribution in [0.5, 0.6) is 0 Å². The van der Waals surface area contributed by atoms with Crippen molar-refractivity contribution in [1.29, 1.82) is 0 Å². The maximum atomic E-state index is 14.2. The molecule has 0 aromatic heterocycles. The van der Waals surface area contributed by atoms with E-state index >= 15 is 0 Å². The average molecular weight is 895 g/mol. The second-order valence-corrected chi connectivity index (χ2v) is 24.7. The van der Waals surface area contributed by atoms with Crippen LogP contribution in [0, 0.1) is 71.0 Å². The van der Waals surface area contributed by atoms with Crippen molar-refractivity contribution in [2.24, 2.45) is 71.0 Å². The number of rotatable bonds is 7. The molecule has 314 valence electrons. The molecule has 5 saturated carbocycles. The molecule has 0 aromatic carbocycles. The van der Waals surface area contributed by atoms with E-state index in [0.717, 1.165) is 51.4 Å². The fraction of sp³-hybridized carbons (Fsp3) is 1.00. The summed E-state index contributed by atoms with van der Waals surface area (Å²) in [6.45, 7) is 0. The van der Waals surface area contributed by atoms with Gasteiger partial charge in [0.15, 0.2) is 0 Å². The van der Waals surface area contributed by atoms with Crippen LogP contribution in [-0.4, -0.2) is 93.6 Å². The number of nitrogens with one attached hydrogen (secondary N) is 1. The van der Waals surface area contributed by atoms with Gasteiger partial charge in [-0.2, -0.15) is 26.3 Å². The molecule has 18 atom stereocenters. The first-order valence-corrected chi connectivity index (χ1v) is 25.7. The predicted molar refractivity (Wildman–Crippen MR) is 201 cm³/mol. The molecule has 0 spiro atoms. The molecule has 7 aliphatic rings. The molecular weight excluding hydrogens is 829 g/mol. The van der Waals surface area contributed by atoms with E-state index in [1.54, 1.807) is 0 Å². The summed E-state index contributed by atoms with van der Waals surface area (Å²) in [7, 11) is 1.87. The van der Waals surface area contributed by atoms with Gasteiger partial charge in [0.05, 0.1) is 11.8 Å². The van der Waals surface area contributed by atoms with Gasteiger partial charge < -0.3 is 5.32 Å². The molecule has 14 heteroatoms. The Morgan fingerprint density at radius 1 is 0.574 bits per heavy atom. The first kappa shape index (κ1) is 42.2. The van der Waals surface area contributed by atoms with E-state index < -0.39 is 79.0 Å². The third kappa shape index (κ3) is 8.27. The zero-order chi connectivity index (χ0) is 38.9. The van der Waals surface area contributed by atoms with Gasteiger partial charge in [-0.15, -0.1) is 0 Å². The molecule has 54 heavy (non-hydrogen) atoms. The number of hydrogen-bond donors (Lipinski definition) is 6. The summed E-state index contributed by atoms with van der Waals surface area (Å²) in [5.41, 5.74) is 0. The van der Waals surface area contributed by atoms with Crippen molar-refractivity contribution in [2.75, 3.05) is 12.0 Å². The van der Waals surface area contributed by atoms with Gasteiger partial charge >= 0.3 is 187 Å². The summed E-state index contributed by atoms with van der Waals surface area (Å²) in [6.07, 6.45) is -2.97. The van der Waals surface area contributed by atoms with Crippen LogP contribution in [0.4, 0.5) is 26.3 Å². The van der Waals surface area contributed by atoms with Crippen LogP contribution in [-0.2, 0) is 0 Å². The molecule has 7 fully saturated rings. The van der Waals surface area contributed by atoms with Gasteiger partial charge in [0.2, 0.25) is 0 Å². The van der Waals surface area contributed by atoms with E-state index in [1.165, 1.54) is 0 Å². The van der Waals surface area contributed by atoms with Crippen LogP contribution in [0.2, 0.25) is 0 Å². The van der Waals surface area contributed by atoms with Crippen LogP contribution in [0.25, 0.3) is 0 Å². The first-order valence-electron chi connectivity index (χ1n) is 21.0. The topological polar surface area (TPSA) is 116 Å². The number of halogens is 7. The Kier molecular flexibility index (Phi) is 13.0. The van der Waals surface area contributed by atoms with Gasteiger partial charge in [-0.05, 0) is 62.8 Å². The molecule has 2 heterocycles. The zero-order valence-electron chi connectivity index (χ0n) is 31.8. The Bertz CT molecular complexity index is 1240. The molecule has 7 rings (SSSR count). The van der Waals surface area contributed by atoms with Crippen molar-refractivity contribution in [1.82, 2.24) is 10.2 Å². The second kappa shape index (κ2) is 16.6. The number of likely N-dealkylation sites (tertiary alicyclic amines) is 1. The number of aliphatic hydroxyl groups is 5. The Morgan fingerprint density at radius 2 is 1.11 bits per heavy atom. The fourth-order valence-electron chi connectivity index (χ4n) is 13.6. The van der Waals surface area contributed by atoms with E-state index in [2.05, 4.69) is 5.32 Å². The van der Waals surface area contributed by atoms with Gasteiger partial charge in [0, 0.05) is 6.04 Å². The van der Waals surface area contributed by atoms with Crippen LogP contribution >= 0.6 is 19.8 Å². The van der Waals surface area contributed by atoms with Crippen molar-refractivity contribution in [3.63, 3.8) is 0 Å². The molecular formula is C40H65F6IN2O5. The Morgan fingerprint density at radius 3 is 1.72 bits per heavy atom. The number of aliphatic hydroxyl groups excluding tert-OH is 5. The smallest absolute Gasteiger partial charge is 0.171 e. The number of nitrogens with zero attached hydrogens (tertiary/aromatic N) is 1. The maximum absolute atomic E-state index is 14.2. The van der Waals surface area contributed by atoms with Crippen molar-refractivity contribution in [2.45, 2.75) is 160 Å². The van der Waals surface area contributed by atoms with Crippen molar-refractivity contribution >= 4 is 19.8 Å². The quantitative estimate of drug-likeness (QED) is 0.0907. The summed E-state index contributed by atoms with van der Waals surface area (Å²) >= 11 is -1.87. The SMILES string of the molecule is CNC1CCCC(C(C2CCCC(N3C(O)C4CCC(C(O)C5CCC6C(C5)C(O)I(C)C6O)CC4C3O)C2)C2CC(C(F)(F)F)CC(C(F)(F)F)C2)C1. The molecule has 6 N–H and O–H groups in total. The van der Waals surface area contributed by atoms with Crippen LogP contribution in [0.1, 0.15) is 109 Å². The van der Waals surface area contributed by atoms with Gasteiger partial charge in [-0.3, -0.25) is 0 Å². The standard InChI is InChI=1S/C40H65F6IN2O5/c1-47-35(51)29-11-9-22(17-31(29)36(47)52)34(50)23-10-12-30-32(18-23)38(54)49(37(30)53)28-8-4-6-21(16-28)33(20-5-3-7-27(15-20)48-2)24-13-25(39(41,42)43)19-26(14-24)40(44,45)46/h20-38,48,50-54H,3-19H2,1-2H3. The Hall–Kier alpha value is 0.0300. The molecule has 18 unspecified atom stereocenters. The van der Waals surface area contributed by atoms with Crippen molar-refractivity contribution < 1.29 is 51.9 Å². The van der Waals surface area contributed by atoms with E-state index in [-0.39, 0.29) is 82.3 Å². The Labute approximate surface area is 324 Å². The molecule has 5 aliphatic carbocycles. The van der Waals surface area contributed by atoms with Gasteiger partial charge in [-0.25, -0.2) is 0 Å². The molecule has 0 amide bonds. The minimum atomic E-state index is -4.69. The molecule has 0 aromatic rings. The normalized spacial score (nSPS) is 48.6. The van der Waals surface area contributed by atoms with Crippen LogP contribution in [0.15, 0.2) is 0 Å². The fourth-order valence-corrected chi connectivity index (χ4v) is 19.0. The molecule has 0 bridgehead atoms. The van der Waals surface area contributed by atoms with E-state index in [0.29, 0.717) is 38.5 Å². The average Bonchev–Trinajstić information content (AvgIpc) is 3.52. The molecule has 7 nitrogen and oxygen atoms in total. The summed E-state index contributed by atoms with van der Waals surface area (Å²) in [5.74, 6) is -5.35. The molecule has 2 aliphatic heterocycles. The summed E-state index contributed by atoms with van der Waals surface area (Å²) in [6, 6.07) is -0.0539. The third-order valence-electron chi connectivity index (χ3n) is 16.3. The number of fused-ring (bicyclic) bond motifs is 2. The predicted octanol–water partition coefficient (Wildman–Crippen LogP) is 7.26. The van der Waals surface area contributed by atoms with E-state index in [4.69, 9.17) is 0 Å². The summed E-state index contributed by atoms with van der Waals surface area (Å²) in [5, 5.41) is 60.4. The zero-order valence-corrected chi connectivity index (χ0v) is 34.0. The van der Waals surface area contributed by atoms with E-state index in [1.807, 2.05) is 16.9 Å². The van der Waals surface area contributed by atoms with E-state index in [9.17, 15) is 51.9 Å². The monoisotopic (exact) mass is 894 g/mol. The van der Waals surface area contributed by atoms with Crippen LogP contribution in [0.3, 0.4) is 0 Å². The van der Waals surface area contributed by atoms with Crippen molar-refractivity contribution in [3.8, 4) is 0 Å². The minimum Gasteiger partial charge on any atom is -0.171 e. The molecule has 2 saturated heterocycles. The van der Waals surface area contributed by atoms with Gasteiger partial charge in [0.1, 0.15) is 0 Å². The van der Waals surface area contributed by atoms with Gasteiger partial charge in [-0.1, -0.05) is 25.7 Å². The number of hydrogen-bond acceptors (Lipinski definition) is 7. The number of alkyl halides is 9. The summed E-state index contributed by atoms with van der Waals surface area (Å²) in [4.78, 5) is 3.87. The minimum absolute atomic E-state index is 0.0126. The summed E-state index contributed by atoms with van der Waals surface area (Å²) < 4.78 is 84.7. The van der Waals surface area contributed by atoms with Crippen molar-refractivity contribution in [3.05, 3.63) is 0 Å².